The van der Waals surface area contributed by atoms with Gasteiger partial charge in [0, 0.05) is 11.1 Å². The molecule has 0 aliphatic heterocycles. The van der Waals surface area contributed by atoms with Crippen molar-refractivity contribution in [2.45, 2.75) is 52.0 Å². The van der Waals surface area contributed by atoms with Crippen molar-refractivity contribution in [3.05, 3.63) is 34.6 Å². The summed E-state index contributed by atoms with van der Waals surface area (Å²) < 4.78 is 13.2. The molecule has 1 rings (SSSR count). The molecule has 0 saturated heterocycles. The topological polar surface area (TPSA) is 26.0 Å². The Labute approximate surface area is 115 Å². The maximum Gasteiger partial charge on any atom is 0.123 e. The van der Waals surface area contributed by atoms with Crippen LogP contribution in [-0.2, 0) is 6.42 Å². The number of unbranched alkanes of at least 4 members (excludes halogenated alkanes) is 1. The van der Waals surface area contributed by atoms with Crippen LogP contribution in [-0.4, -0.2) is 6.04 Å². The average molecular weight is 272 g/mol. The molecule has 2 N–H and O–H groups in total. The molecular formula is C15H23ClFN. The van der Waals surface area contributed by atoms with E-state index in [4.69, 9.17) is 17.3 Å². The van der Waals surface area contributed by atoms with Gasteiger partial charge in [-0.05, 0) is 42.5 Å². The summed E-state index contributed by atoms with van der Waals surface area (Å²) in [6.07, 6.45) is 5.24. The molecule has 0 aliphatic rings. The third kappa shape index (κ3) is 4.58. The molecule has 3 heteroatoms. The summed E-state index contributed by atoms with van der Waals surface area (Å²) in [4.78, 5) is 0. The molecule has 18 heavy (non-hydrogen) atoms. The molecular weight excluding hydrogens is 249 g/mol. The molecule has 2 unspecified atom stereocenters. The van der Waals surface area contributed by atoms with Gasteiger partial charge in [-0.15, -0.1) is 0 Å². The van der Waals surface area contributed by atoms with Gasteiger partial charge in [-0.1, -0.05) is 44.7 Å². The van der Waals surface area contributed by atoms with E-state index in [1.54, 1.807) is 6.07 Å². The highest BCUT2D eigenvalue weighted by Crippen LogP contribution is 2.23. The summed E-state index contributed by atoms with van der Waals surface area (Å²) in [5, 5.41) is 0.609. The van der Waals surface area contributed by atoms with E-state index in [-0.39, 0.29) is 11.9 Å². The Morgan fingerprint density at radius 3 is 2.67 bits per heavy atom. The van der Waals surface area contributed by atoms with Crippen molar-refractivity contribution in [3.8, 4) is 0 Å². The highest BCUT2D eigenvalue weighted by atomic mass is 35.5. The normalized spacial score (nSPS) is 14.5. The summed E-state index contributed by atoms with van der Waals surface area (Å²) in [5.74, 6) is 0.243. The molecule has 1 aromatic rings. The Balaban J connectivity index is 2.66. The Morgan fingerprint density at radius 2 is 2.06 bits per heavy atom. The summed E-state index contributed by atoms with van der Waals surface area (Å²) in [5.41, 5.74) is 7.06. The molecule has 0 fully saturated rings. The lowest BCUT2D eigenvalue weighted by atomic mass is 9.88. The van der Waals surface area contributed by atoms with E-state index < -0.39 is 0 Å². The second kappa shape index (κ2) is 7.75. The first kappa shape index (κ1) is 15.5. The fourth-order valence-corrected chi connectivity index (χ4v) is 2.50. The summed E-state index contributed by atoms with van der Waals surface area (Å²) in [6.45, 7) is 4.34. The van der Waals surface area contributed by atoms with E-state index in [2.05, 4.69) is 13.8 Å². The van der Waals surface area contributed by atoms with Crippen molar-refractivity contribution in [2.24, 2.45) is 11.7 Å². The maximum atomic E-state index is 13.2. The van der Waals surface area contributed by atoms with Crippen molar-refractivity contribution in [1.82, 2.24) is 0 Å². The van der Waals surface area contributed by atoms with Crippen LogP contribution in [0.1, 0.15) is 45.1 Å². The SMILES string of the molecule is CCCCC(CC)C(N)Cc1cc(F)ccc1Cl. The van der Waals surface area contributed by atoms with Crippen LogP contribution in [0.4, 0.5) is 4.39 Å². The lowest BCUT2D eigenvalue weighted by Gasteiger charge is -2.23. The molecule has 0 aliphatic carbocycles. The van der Waals surface area contributed by atoms with Crippen LogP contribution >= 0.6 is 11.6 Å². The molecule has 0 aromatic heterocycles. The molecule has 0 radical (unpaired) electrons. The molecule has 2 atom stereocenters. The summed E-state index contributed by atoms with van der Waals surface area (Å²) in [7, 11) is 0. The van der Waals surface area contributed by atoms with E-state index in [0.717, 1.165) is 18.4 Å². The van der Waals surface area contributed by atoms with Crippen molar-refractivity contribution >= 4 is 11.6 Å². The molecule has 0 bridgehead atoms. The van der Waals surface area contributed by atoms with Crippen LogP contribution in [0.2, 0.25) is 5.02 Å². The Kier molecular flexibility index (Phi) is 6.66. The Hall–Kier alpha value is -0.600. The zero-order valence-corrected chi connectivity index (χ0v) is 12.0. The van der Waals surface area contributed by atoms with E-state index >= 15 is 0 Å². The number of halogens is 2. The van der Waals surface area contributed by atoms with Crippen LogP contribution in [0.5, 0.6) is 0 Å². The van der Waals surface area contributed by atoms with Gasteiger partial charge in [0.2, 0.25) is 0 Å². The van der Waals surface area contributed by atoms with Gasteiger partial charge < -0.3 is 5.73 Å². The minimum absolute atomic E-state index is 0.0563. The van der Waals surface area contributed by atoms with Gasteiger partial charge in [0.05, 0.1) is 0 Å². The quantitative estimate of drug-likeness (QED) is 0.773. The van der Waals surface area contributed by atoms with Gasteiger partial charge in [0.1, 0.15) is 5.82 Å². The standard InChI is InChI=1S/C15H23ClFN/c1-3-5-6-11(4-2)15(18)10-12-9-13(17)7-8-14(12)16/h7-9,11,15H,3-6,10,18H2,1-2H3. The zero-order valence-electron chi connectivity index (χ0n) is 11.3. The summed E-state index contributed by atoms with van der Waals surface area (Å²) >= 11 is 6.07. The van der Waals surface area contributed by atoms with E-state index in [0.29, 0.717) is 17.4 Å². The third-order valence-corrected chi connectivity index (χ3v) is 3.89. The zero-order chi connectivity index (χ0) is 13.5. The first-order valence-electron chi connectivity index (χ1n) is 6.78. The van der Waals surface area contributed by atoms with Crippen LogP contribution in [0.3, 0.4) is 0 Å². The second-order valence-electron chi connectivity index (χ2n) is 4.91. The molecule has 0 spiro atoms. The third-order valence-electron chi connectivity index (χ3n) is 3.52. The number of benzene rings is 1. The van der Waals surface area contributed by atoms with Crippen LogP contribution in [0, 0.1) is 11.7 Å². The van der Waals surface area contributed by atoms with Crippen LogP contribution in [0.25, 0.3) is 0 Å². The number of nitrogens with two attached hydrogens (primary N) is 1. The van der Waals surface area contributed by atoms with Crippen LogP contribution < -0.4 is 5.73 Å². The molecule has 1 aromatic carbocycles. The van der Waals surface area contributed by atoms with E-state index in [9.17, 15) is 4.39 Å². The van der Waals surface area contributed by atoms with Crippen molar-refractivity contribution in [2.75, 3.05) is 0 Å². The molecule has 1 nitrogen and oxygen atoms in total. The van der Waals surface area contributed by atoms with Gasteiger partial charge in [-0.25, -0.2) is 4.39 Å². The first-order valence-corrected chi connectivity index (χ1v) is 7.15. The predicted molar refractivity (Wildman–Crippen MR) is 76.4 cm³/mol. The average Bonchev–Trinajstić information content (AvgIpc) is 2.35. The van der Waals surface area contributed by atoms with Crippen molar-refractivity contribution < 1.29 is 4.39 Å². The highest BCUT2D eigenvalue weighted by Gasteiger charge is 2.17. The molecule has 102 valence electrons. The highest BCUT2D eigenvalue weighted by molar-refractivity contribution is 6.31. The fraction of sp³-hybridized carbons (Fsp3) is 0.600. The number of rotatable bonds is 7. The molecule has 0 heterocycles. The first-order chi connectivity index (χ1) is 8.58. The predicted octanol–water partition coefficient (Wildman–Crippen LogP) is 4.57. The smallest absolute Gasteiger partial charge is 0.123 e. The largest absolute Gasteiger partial charge is 0.327 e. The van der Waals surface area contributed by atoms with Gasteiger partial charge in [-0.2, -0.15) is 0 Å². The summed E-state index contributed by atoms with van der Waals surface area (Å²) in [6, 6.07) is 4.53. The van der Waals surface area contributed by atoms with E-state index in [1.165, 1.54) is 25.0 Å². The second-order valence-corrected chi connectivity index (χ2v) is 5.32. The van der Waals surface area contributed by atoms with Gasteiger partial charge in [0.15, 0.2) is 0 Å². The lowest BCUT2D eigenvalue weighted by Crippen LogP contribution is -2.32. The van der Waals surface area contributed by atoms with E-state index in [1.807, 2.05) is 0 Å². The maximum absolute atomic E-state index is 13.2. The number of hydrogen-bond donors (Lipinski definition) is 1. The lowest BCUT2D eigenvalue weighted by molar-refractivity contribution is 0.368. The fourth-order valence-electron chi connectivity index (χ4n) is 2.31. The van der Waals surface area contributed by atoms with Crippen LogP contribution in [0.15, 0.2) is 18.2 Å². The van der Waals surface area contributed by atoms with Gasteiger partial charge in [0.25, 0.3) is 0 Å². The monoisotopic (exact) mass is 271 g/mol. The molecule has 0 amide bonds. The minimum Gasteiger partial charge on any atom is -0.327 e. The van der Waals surface area contributed by atoms with Crippen molar-refractivity contribution in [1.29, 1.82) is 0 Å². The Bertz CT molecular complexity index is 368. The van der Waals surface area contributed by atoms with Gasteiger partial charge in [-0.3, -0.25) is 0 Å². The van der Waals surface area contributed by atoms with Crippen molar-refractivity contribution in [3.63, 3.8) is 0 Å². The molecule has 0 saturated carbocycles. The number of hydrogen-bond acceptors (Lipinski definition) is 1. The Morgan fingerprint density at radius 1 is 1.33 bits per heavy atom. The van der Waals surface area contributed by atoms with Gasteiger partial charge >= 0.3 is 0 Å². The minimum atomic E-state index is -0.247.